The van der Waals surface area contributed by atoms with Gasteiger partial charge in [0.25, 0.3) is 5.91 Å². The predicted molar refractivity (Wildman–Crippen MR) is 77.9 cm³/mol. The lowest BCUT2D eigenvalue weighted by Crippen LogP contribution is -2.15. The summed E-state index contributed by atoms with van der Waals surface area (Å²) in [6, 6.07) is 5.81. The Morgan fingerprint density at radius 2 is 1.95 bits per heavy atom. The summed E-state index contributed by atoms with van der Waals surface area (Å²) < 4.78 is 26.9. The van der Waals surface area contributed by atoms with Gasteiger partial charge in [-0.2, -0.15) is 0 Å². The number of nitrogens with two attached hydrogens (primary N) is 1. The Morgan fingerprint density at radius 3 is 2.60 bits per heavy atom. The number of hydrogen-bond donors (Lipinski definition) is 2. The van der Waals surface area contributed by atoms with Crippen LogP contribution < -0.4 is 11.1 Å². The van der Waals surface area contributed by atoms with E-state index in [1.165, 1.54) is 12.1 Å². The number of rotatable bonds is 2. The van der Waals surface area contributed by atoms with Crippen LogP contribution in [0.1, 0.15) is 10.4 Å². The number of anilines is 2. The molecule has 0 aliphatic rings. The molecule has 0 heterocycles. The lowest BCUT2D eigenvalue weighted by Gasteiger charge is -2.10. The van der Waals surface area contributed by atoms with Crippen LogP contribution >= 0.6 is 27.5 Å². The topological polar surface area (TPSA) is 55.1 Å². The van der Waals surface area contributed by atoms with Crippen molar-refractivity contribution in [3.63, 3.8) is 0 Å². The molecule has 3 nitrogen and oxygen atoms in total. The molecule has 0 fully saturated rings. The molecule has 3 N–H and O–H groups in total. The Balaban J connectivity index is 2.35. The Labute approximate surface area is 126 Å². The molecule has 7 heteroatoms. The molecule has 104 valence electrons. The number of nitrogen functional groups attached to an aromatic ring is 1. The Kier molecular flexibility index (Phi) is 4.25. The highest BCUT2D eigenvalue weighted by Crippen LogP contribution is 2.32. The van der Waals surface area contributed by atoms with E-state index in [0.29, 0.717) is 0 Å². The molecular formula is C13H8BrClF2N2O. The van der Waals surface area contributed by atoms with Gasteiger partial charge in [0.2, 0.25) is 0 Å². The minimum atomic E-state index is -0.732. The van der Waals surface area contributed by atoms with Crippen LogP contribution in [0.15, 0.2) is 34.8 Å². The zero-order valence-electron chi connectivity index (χ0n) is 9.88. The summed E-state index contributed by atoms with van der Waals surface area (Å²) in [6.07, 6.45) is 0. The van der Waals surface area contributed by atoms with Gasteiger partial charge in [0.1, 0.15) is 11.6 Å². The molecule has 2 aromatic carbocycles. The second-order valence-corrected chi connectivity index (χ2v) is 5.20. The second-order valence-electron chi connectivity index (χ2n) is 3.94. The molecule has 0 aromatic heterocycles. The van der Waals surface area contributed by atoms with Crippen LogP contribution in [-0.4, -0.2) is 5.91 Å². The average Bonchev–Trinajstić information content (AvgIpc) is 2.36. The maximum atomic E-state index is 13.6. The first-order chi connectivity index (χ1) is 9.38. The van der Waals surface area contributed by atoms with Crippen LogP contribution in [0, 0.1) is 11.6 Å². The molecule has 0 spiro atoms. The highest BCUT2D eigenvalue weighted by Gasteiger charge is 2.16. The van der Waals surface area contributed by atoms with Crippen molar-refractivity contribution in [1.29, 1.82) is 0 Å². The molecule has 0 unspecified atom stereocenters. The van der Waals surface area contributed by atoms with E-state index in [9.17, 15) is 13.6 Å². The van der Waals surface area contributed by atoms with Gasteiger partial charge in [-0.05, 0) is 46.3 Å². The number of hydrogen-bond acceptors (Lipinski definition) is 2. The summed E-state index contributed by atoms with van der Waals surface area (Å²) in [5.41, 5.74) is 5.69. The standard InChI is InChI=1S/C13H8BrClF2N2O/c14-9-3-6(16)4-10(15)12(9)19-13(20)8-5-7(18)1-2-11(8)17/h1-5H,18H2,(H,19,20). The normalized spacial score (nSPS) is 10.4. The SMILES string of the molecule is Nc1ccc(F)c(C(=O)Nc2c(Cl)cc(F)cc2Br)c1. The Bertz CT molecular complexity index is 671. The van der Waals surface area contributed by atoms with Gasteiger partial charge in [-0.15, -0.1) is 0 Å². The van der Waals surface area contributed by atoms with Gasteiger partial charge >= 0.3 is 0 Å². The fourth-order valence-electron chi connectivity index (χ4n) is 1.56. The fourth-order valence-corrected chi connectivity index (χ4v) is 2.46. The van der Waals surface area contributed by atoms with Crippen molar-refractivity contribution in [2.75, 3.05) is 11.1 Å². The monoisotopic (exact) mass is 360 g/mol. The second kappa shape index (κ2) is 5.76. The molecule has 0 saturated heterocycles. The number of benzene rings is 2. The quantitative estimate of drug-likeness (QED) is 0.787. The van der Waals surface area contributed by atoms with E-state index >= 15 is 0 Å². The van der Waals surface area contributed by atoms with Crippen LogP contribution in [0.5, 0.6) is 0 Å². The Hall–Kier alpha value is -1.66. The average molecular weight is 362 g/mol. The van der Waals surface area contributed by atoms with Gasteiger partial charge in [-0.3, -0.25) is 4.79 Å². The zero-order valence-corrected chi connectivity index (χ0v) is 12.2. The minimum absolute atomic E-state index is 0.00506. The fraction of sp³-hybridized carbons (Fsp3) is 0. The Morgan fingerprint density at radius 1 is 1.25 bits per heavy atom. The minimum Gasteiger partial charge on any atom is -0.399 e. The molecule has 0 radical (unpaired) electrons. The van der Waals surface area contributed by atoms with Crippen LogP contribution in [0.2, 0.25) is 5.02 Å². The summed E-state index contributed by atoms with van der Waals surface area (Å²) in [7, 11) is 0. The van der Waals surface area contributed by atoms with E-state index in [4.69, 9.17) is 17.3 Å². The van der Waals surface area contributed by atoms with Crippen molar-refractivity contribution >= 4 is 44.8 Å². The highest BCUT2D eigenvalue weighted by molar-refractivity contribution is 9.10. The van der Waals surface area contributed by atoms with Gasteiger partial charge in [-0.1, -0.05) is 11.6 Å². The number of carbonyl (C=O) groups excluding carboxylic acids is 1. The van der Waals surface area contributed by atoms with Crippen molar-refractivity contribution in [2.45, 2.75) is 0 Å². The number of halogens is 4. The largest absolute Gasteiger partial charge is 0.399 e. The first kappa shape index (κ1) is 14.7. The van der Waals surface area contributed by atoms with E-state index in [1.54, 1.807) is 0 Å². The van der Waals surface area contributed by atoms with Crippen molar-refractivity contribution in [3.05, 3.63) is 57.0 Å². The molecule has 2 rings (SSSR count). The van der Waals surface area contributed by atoms with Crippen molar-refractivity contribution in [1.82, 2.24) is 0 Å². The molecule has 0 bridgehead atoms. The van der Waals surface area contributed by atoms with Crippen LogP contribution in [-0.2, 0) is 0 Å². The molecule has 0 atom stereocenters. The van der Waals surface area contributed by atoms with Crippen molar-refractivity contribution < 1.29 is 13.6 Å². The summed E-state index contributed by atoms with van der Waals surface area (Å²) in [5.74, 6) is -2.01. The van der Waals surface area contributed by atoms with Gasteiger partial charge in [-0.25, -0.2) is 8.78 Å². The van der Waals surface area contributed by atoms with E-state index in [1.807, 2.05) is 0 Å². The summed E-state index contributed by atoms with van der Waals surface area (Å²) in [4.78, 5) is 12.0. The highest BCUT2D eigenvalue weighted by atomic mass is 79.9. The van der Waals surface area contributed by atoms with Gasteiger partial charge in [0, 0.05) is 10.2 Å². The number of nitrogens with one attached hydrogen (secondary N) is 1. The molecule has 0 aliphatic heterocycles. The maximum Gasteiger partial charge on any atom is 0.258 e. The van der Waals surface area contributed by atoms with E-state index in [2.05, 4.69) is 21.2 Å². The third-order valence-electron chi connectivity index (χ3n) is 2.48. The van der Waals surface area contributed by atoms with E-state index < -0.39 is 17.5 Å². The van der Waals surface area contributed by atoms with Gasteiger partial charge < -0.3 is 11.1 Å². The van der Waals surface area contributed by atoms with Gasteiger partial charge in [0.15, 0.2) is 0 Å². The third kappa shape index (κ3) is 3.08. The summed E-state index contributed by atoms with van der Waals surface area (Å²) in [5, 5.41) is 2.41. The van der Waals surface area contributed by atoms with E-state index in [0.717, 1.165) is 18.2 Å². The maximum absolute atomic E-state index is 13.6. The lowest BCUT2D eigenvalue weighted by atomic mass is 10.1. The smallest absolute Gasteiger partial charge is 0.258 e. The van der Waals surface area contributed by atoms with Crippen molar-refractivity contribution in [3.8, 4) is 0 Å². The zero-order chi connectivity index (χ0) is 14.9. The number of carbonyl (C=O) groups is 1. The summed E-state index contributed by atoms with van der Waals surface area (Å²) in [6.45, 7) is 0. The number of amides is 1. The summed E-state index contributed by atoms with van der Waals surface area (Å²) >= 11 is 8.91. The molecule has 0 saturated carbocycles. The van der Waals surface area contributed by atoms with Gasteiger partial charge in [0.05, 0.1) is 16.3 Å². The molecule has 1 amide bonds. The first-order valence-corrected chi connectivity index (χ1v) is 6.56. The van der Waals surface area contributed by atoms with Crippen LogP contribution in [0.25, 0.3) is 0 Å². The van der Waals surface area contributed by atoms with Crippen molar-refractivity contribution in [2.24, 2.45) is 0 Å². The predicted octanol–water partition coefficient (Wildman–Crippen LogP) is 4.22. The van der Waals surface area contributed by atoms with Crippen LogP contribution in [0.4, 0.5) is 20.2 Å². The molecule has 20 heavy (non-hydrogen) atoms. The van der Waals surface area contributed by atoms with E-state index in [-0.39, 0.29) is 26.4 Å². The van der Waals surface area contributed by atoms with Crippen LogP contribution in [0.3, 0.4) is 0 Å². The molecule has 2 aromatic rings. The molecule has 0 aliphatic carbocycles. The first-order valence-electron chi connectivity index (χ1n) is 5.39. The lowest BCUT2D eigenvalue weighted by molar-refractivity contribution is 0.102. The molecular weight excluding hydrogens is 354 g/mol. The third-order valence-corrected chi connectivity index (χ3v) is 3.40.